The van der Waals surface area contributed by atoms with Crippen LogP contribution in [-0.4, -0.2) is 6.04 Å². The molecule has 1 aromatic rings. The maximum absolute atomic E-state index is 6.17. The van der Waals surface area contributed by atoms with E-state index in [1.807, 2.05) is 12.1 Å². The van der Waals surface area contributed by atoms with Gasteiger partial charge in [-0.3, -0.25) is 0 Å². The lowest BCUT2D eigenvalue weighted by molar-refractivity contribution is 0.539. The Morgan fingerprint density at radius 2 is 2.19 bits per heavy atom. The molecule has 0 aliphatic heterocycles. The van der Waals surface area contributed by atoms with Gasteiger partial charge < -0.3 is 5.32 Å². The van der Waals surface area contributed by atoms with Crippen LogP contribution in [0.2, 0.25) is 10.0 Å². The number of hydrogen-bond acceptors (Lipinski definition) is 1. The largest absolute Gasteiger partial charge is 0.307 e. The minimum Gasteiger partial charge on any atom is -0.307 e. The molecule has 1 saturated carbocycles. The zero-order chi connectivity index (χ0) is 11.7. The van der Waals surface area contributed by atoms with E-state index in [0.29, 0.717) is 17.1 Å². The number of rotatable bonds is 4. The molecule has 0 heterocycles. The van der Waals surface area contributed by atoms with E-state index in [0.717, 1.165) is 16.5 Å². The van der Waals surface area contributed by atoms with E-state index >= 15 is 0 Å². The second kappa shape index (κ2) is 4.95. The maximum atomic E-state index is 6.17. The summed E-state index contributed by atoms with van der Waals surface area (Å²) < 4.78 is 0. The van der Waals surface area contributed by atoms with Crippen molar-refractivity contribution < 1.29 is 0 Å². The van der Waals surface area contributed by atoms with Gasteiger partial charge in [0, 0.05) is 22.1 Å². The van der Waals surface area contributed by atoms with Crippen LogP contribution in [0.3, 0.4) is 0 Å². The third-order valence-corrected chi connectivity index (χ3v) is 3.90. The van der Waals surface area contributed by atoms with Gasteiger partial charge in [0.25, 0.3) is 0 Å². The summed E-state index contributed by atoms with van der Waals surface area (Å²) >= 11 is 12.1. The van der Waals surface area contributed by atoms with E-state index in [-0.39, 0.29) is 0 Å². The summed E-state index contributed by atoms with van der Waals surface area (Å²) in [5, 5.41) is 5.05. The molecule has 1 aromatic carbocycles. The molecule has 1 nitrogen and oxygen atoms in total. The van der Waals surface area contributed by atoms with Gasteiger partial charge in [0.2, 0.25) is 0 Å². The van der Waals surface area contributed by atoms with Crippen molar-refractivity contribution in [3.05, 3.63) is 33.8 Å². The number of hydrogen-bond donors (Lipinski definition) is 1. The van der Waals surface area contributed by atoms with Gasteiger partial charge in [-0.1, -0.05) is 42.6 Å². The highest BCUT2D eigenvalue weighted by molar-refractivity contribution is 6.35. The Labute approximate surface area is 107 Å². The zero-order valence-corrected chi connectivity index (χ0v) is 11.1. The topological polar surface area (TPSA) is 12.0 Å². The second-order valence-corrected chi connectivity index (χ2v) is 5.41. The van der Waals surface area contributed by atoms with Crippen LogP contribution in [0, 0.1) is 5.92 Å². The molecule has 3 heteroatoms. The molecular formula is C13H17Cl2N. The van der Waals surface area contributed by atoms with Gasteiger partial charge >= 0.3 is 0 Å². The minimum atomic E-state index is 0.298. The standard InChI is InChI=1S/C13H17Cl2N/c1-3-9-6-13(9)16-8(2)11-5-4-10(14)7-12(11)15/h4-5,7-9,13,16H,3,6H2,1-2H3. The smallest absolute Gasteiger partial charge is 0.0468 e. The first-order chi connectivity index (χ1) is 7.61. The molecule has 16 heavy (non-hydrogen) atoms. The van der Waals surface area contributed by atoms with Crippen LogP contribution in [0.1, 0.15) is 38.3 Å². The molecular weight excluding hydrogens is 241 g/mol. The lowest BCUT2D eigenvalue weighted by atomic mass is 10.1. The third-order valence-electron chi connectivity index (χ3n) is 3.34. The van der Waals surface area contributed by atoms with E-state index < -0.39 is 0 Å². The van der Waals surface area contributed by atoms with Crippen molar-refractivity contribution in [3.8, 4) is 0 Å². The van der Waals surface area contributed by atoms with Crippen LogP contribution in [0.25, 0.3) is 0 Å². The van der Waals surface area contributed by atoms with Crippen molar-refractivity contribution in [3.63, 3.8) is 0 Å². The summed E-state index contributed by atoms with van der Waals surface area (Å²) in [6.07, 6.45) is 2.56. The highest BCUT2D eigenvalue weighted by Gasteiger charge is 2.36. The molecule has 1 aliphatic carbocycles. The molecule has 0 radical (unpaired) electrons. The fourth-order valence-electron chi connectivity index (χ4n) is 2.17. The van der Waals surface area contributed by atoms with Crippen LogP contribution in [0.4, 0.5) is 0 Å². The first-order valence-electron chi connectivity index (χ1n) is 5.82. The van der Waals surface area contributed by atoms with Gasteiger partial charge in [0.05, 0.1) is 0 Å². The lowest BCUT2D eigenvalue weighted by Crippen LogP contribution is -2.22. The Morgan fingerprint density at radius 1 is 1.44 bits per heavy atom. The zero-order valence-electron chi connectivity index (χ0n) is 9.63. The number of nitrogens with one attached hydrogen (secondary N) is 1. The maximum Gasteiger partial charge on any atom is 0.0468 e. The Hall–Kier alpha value is -0.240. The second-order valence-electron chi connectivity index (χ2n) is 4.56. The van der Waals surface area contributed by atoms with Crippen molar-refractivity contribution >= 4 is 23.2 Å². The summed E-state index contributed by atoms with van der Waals surface area (Å²) in [7, 11) is 0. The van der Waals surface area contributed by atoms with Crippen molar-refractivity contribution in [2.75, 3.05) is 0 Å². The average molecular weight is 258 g/mol. The van der Waals surface area contributed by atoms with E-state index in [1.54, 1.807) is 6.07 Å². The molecule has 1 N–H and O–H groups in total. The predicted octanol–water partition coefficient (Wildman–Crippen LogP) is 4.44. The van der Waals surface area contributed by atoms with Crippen molar-refractivity contribution in [1.29, 1.82) is 0 Å². The fourth-order valence-corrected chi connectivity index (χ4v) is 2.74. The van der Waals surface area contributed by atoms with Gasteiger partial charge in [-0.15, -0.1) is 0 Å². The molecule has 3 unspecified atom stereocenters. The van der Waals surface area contributed by atoms with E-state index in [4.69, 9.17) is 23.2 Å². The summed E-state index contributed by atoms with van der Waals surface area (Å²) in [6, 6.07) is 6.68. The molecule has 1 fully saturated rings. The molecule has 0 saturated heterocycles. The summed E-state index contributed by atoms with van der Waals surface area (Å²) in [5.74, 6) is 0.855. The Balaban J connectivity index is 2.01. The fraction of sp³-hybridized carbons (Fsp3) is 0.538. The highest BCUT2D eigenvalue weighted by Crippen LogP contribution is 2.36. The number of benzene rings is 1. The van der Waals surface area contributed by atoms with Gasteiger partial charge in [0.1, 0.15) is 0 Å². The molecule has 0 spiro atoms. The normalized spacial score (nSPS) is 25.5. The Bertz CT molecular complexity index is 378. The van der Waals surface area contributed by atoms with Gasteiger partial charge in [-0.05, 0) is 37.0 Å². The molecule has 0 aromatic heterocycles. The van der Waals surface area contributed by atoms with Crippen molar-refractivity contribution in [2.45, 2.75) is 38.8 Å². The monoisotopic (exact) mass is 257 g/mol. The van der Waals surface area contributed by atoms with Crippen LogP contribution in [0.15, 0.2) is 18.2 Å². The molecule has 0 amide bonds. The minimum absolute atomic E-state index is 0.298. The van der Waals surface area contributed by atoms with Crippen molar-refractivity contribution in [1.82, 2.24) is 5.32 Å². The van der Waals surface area contributed by atoms with E-state index in [9.17, 15) is 0 Å². The van der Waals surface area contributed by atoms with Crippen LogP contribution < -0.4 is 5.32 Å². The molecule has 3 atom stereocenters. The van der Waals surface area contributed by atoms with Gasteiger partial charge in [0.15, 0.2) is 0 Å². The van der Waals surface area contributed by atoms with Crippen molar-refractivity contribution in [2.24, 2.45) is 5.92 Å². The summed E-state index contributed by atoms with van der Waals surface area (Å²) in [6.45, 7) is 4.40. The summed E-state index contributed by atoms with van der Waals surface area (Å²) in [5.41, 5.74) is 1.13. The molecule has 2 rings (SSSR count). The van der Waals surface area contributed by atoms with Gasteiger partial charge in [-0.2, -0.15) is 0 Å². The van der Waals surface area contributed by atoms with Crippen LogP contribution in [0.5, 0.6) is 0 Å². The quantitative estimate of drug-likeness (QED) is 0.841. The molecule has 1 aliphatic rings. The first kappa shape index (κ1) is 12.2. The van der Waals surface area contributed by atoms with Gasteiger partial charge in [-0.25, -0.2) is 0 Å². The highest BCUT2D eigenvalue weighted by atomic mass is 35.5. The Morgan fingerprint density at radius 3 is 2.75 bits per heavy atom. The molecule has 0 bridgehead atoms. The molecule has 88 valence electrons. The Kier molecular flexibility index (Phi) is 3.78. The van der Waals surface area contributed by atoms with E-state index in [2.05, 4.69) is 19.2 Å². The average Bonchev–Trinajstić information content (AvgIpc) is 2.96. The summed E-state index contributed by atoms with van der Waals surface area (Å²) in [4.78, 5) is 0. The van der Waals surface area contributed by atoms with E-state index in [1.165, 1.54) is 12.8 Å². The number of halogens is 2. The first-order valence-corrected chi connectivity index (χ1v) is 6.58. The lowest BCUT2D eigenvalue weighted by Gasteiger charge is -2.15. The van der Waals surface area contributed by atoms with Crippen LogP contribution in [-0.2, 0) is 0 Å². The third kappa shape index (κ3) is 2.71. The van der Waals surface area contributed by atoms with Crippen LogP contribution >= 0.6 is 23.2 Å². The predicted molar refractivity (Wildman–Crippen MR) is 70.2 cm³/mol. The SMILES string of the molecule is CCC1CC1NC(C)c1ccc(Cl)cc1Cl.